The Balaban J connectivity index is 2.51. The molecule has 3 atom stereocenters. The van der Waals surface area contributed by atoms with Gasteiger partial charge in [-0.1, -0.05) is 36.5 Å². The summed E-state index contributed by atoms with van der Waals surface area (Å²) in [6.07, 6.45) is 6.76. The molecule has 0 amide bonds. The second-order valence-electron chi connectivity index (χ2n) is 3.66. The topological polar surface area (TPSA) is 49.7 Å². The lowest BCUT2D eigenvalue weighted by atomic mass is 10.1. The van der Waals surface area contributed by atoms with Crippen molar-refractivity contribution in [2.45, 2.75) is 31.7 Å². The van der Waals surface area contributed by atoms with Crippen LogP contribution in [0.25, 0.3) is 0 Å². The first-order valence-corrected chi connectivity index (χ1v) is 5.09. The molecule has 1 aliphatic heterocycles. The van der Waals surface area contributed by atoms with Gasteiger partial charge in [0.25, 0.3) is 0 Å². The number of aliphatic hydroxyl groups is 2. The Hall–Kier alpha value is -0.900. The highest BCUT2D eigenvalue weighted by Gasteiger charge is 2.23. The first-order chi connectivity index (χ1) is 7.17. The molecular formula is C12H18O3. The van der Waals surface area contributed by atoms with Crippen LogP contribution < -0.4 is 0 Å². The van der Waals surface area contributed by atoms with Gasteiger partial charge in [-0.15, -0.1) is 0 Å². The van der Waals surface area contributed by atoms with Gasteiger partial charge in [0.1, 0.15) is 12.2 Å². The zero-order chi connectivity index (χ0) is 11.3. The Morgan fingerprint density at radius 2 is 2.27 bits per heavy atom. The van der Waals surface area contributed by atoms with E-state index in [0.29, 0.717) is 0 Å². The van der Waals surface area contributed by atoms with Crippen molar-refractivity contribution >= 4 is 0 Å². The maximum Gasteiger partial charge on any atom is 0.111 e. The van der Waals surface area contributed by atoms with Gasteiger partial charge in [0.05, 0.1) is 12.7 Å². The van der Waals surface area contributed by atoms with E-state index in [2.05, 4.69) is 6.58 Å². The molecule has 15 heavy (non-hydrogen) atoms. The quantitative estimate of drug-likeness (QED) is 0.541. The lowest BCUT2D eigenvalue weighted by molar-refractivity contribution is -0.0779. The van der Waals surface area contributed by atoms with Crippen LogP contribution in [0.5, 0.6) is 0 Å². The minimum absolute atomic E-state index is 0.0690. The maximum atomic E-state index is 9.41. The molecule has 0 spiro atoms. The lowest BCUT2D eigenvalue weighted by Crippen LogP contribution is -2.37. The molecule has 0 aliphatic carbocycles. The number of ether oxygens (including phenoxy) is 1. The van der Waals surface area contributed by atoms with E-state index in [4.69, 9.17) is 9.84 Å². The number of allylic oxidation sites excluding steroid dienone is 2. The summed E-state index contributed by atoms with van der Waals surface area (Å²) in [5.41, 5.74) is 1.10. The summed E-state index contributed by atoms with van der Waals surface area (Å²) in [5.74, 6) is 0. The third-order valence-corrected chi connectivity index (χ3v) is 2.43. The number of aliphatic hydroxyl groups excluding tert-OH is 2. The maximum absolute atomic E-state index is 9.41. The summed E-state index contributed by atoms with van der Waals surface area (Å²) >= 11 is 0. The van der Waals surface area contributed by atoms with E-state index in [1.54, 1.807) is 12.2 Å². The van der Waals surface area contributed by atoms with Gasteiger partial charge >= 0.3 is 0 Å². The van der Waals surface area contributed by atoms with Gasteiger partial charge in [-0.05, 0) is 13.3 Å². The van der Waals surface area contributed by atoms with Crippen molar-refractivity contribution in [3.63, 3.8) is 0 Å². The van der Waals surface area contributed by atoms with Crippen molar-refractivity contribution in [2.24, 2.45) is 0 Å². The summed E-state index contributed by atoms with van der Waals surface area (Å²) in [7, 11) is 0. The zero-order valence-corrected chi connectivity index (χ0v) is 8.97. The van der Waals surface area contributed by atoms with E-state index in [0.717, 1.165) is 12.0 Å². The molecule has 0 radical (unpaired) electrons. The molecule has 0 saturated carbocycles. The van der Waals surface area contributed by atoms with Gasteiger partial charge < -0.3 is 14.9 Å². The van der Waals surface area contributed by atoms with Gasteiger partial charge in [0.15, 0.2) is 0 Å². The van der Waals surface area contributed by atoms with Crippen LogP contribution in [0.3, 0.4) is 0 Å². The van der Waals surface area contributed by atoms with Crippen LogP contribution in [0.4, 0.5) is 0 Å². The summed E-state index contributed by atoms with van der Waals surface area (Å²) in [6, 6.07) is 0. The summed E-state index contributed by atoms with van der Waals surface area (Å²) in [5, 5.41) is 18.4. The average Bonchev–Trinajstić information content (AvgIpc) is 2.27. The van der Waals surface area contributed by atoms with Crippen molar-refractivity contribution in [3.8, 4) is 0 Å². The highest BCUT2D eigenvalue weighted by atomic mass is 16.5. The van der Waals surface area contributed by atoms with Crippen molar-refractivity contribution in [3.05, 3.63) is 36.5 Å². The average molecular weight is 210 g/mol. The molecule has 1 aliphatic rings. The molecule has 0 saturated heterocycles. The summed E-state index contributed by atoms with van der Waals surface area (Å²) in [6.45, 7) is 5.47. The summed E-state index contributed by atoms with van der Waals surface area (Å²) < 4.78 is 5.48. The van der Waals surface area contributed by atoms with Crippen LogP contribution in [0.1, 0.15) is 13.3 Å². The third-order valence-electron chi connectivity index (χ3n) is 2.43. The molecule has 0 aromatic heterocycles. The van der Waals surface area contributed by atoms with E-state index in [1.807, 2.05) is 19.1 Å². The Morgan fingerprint density at radius 1 is 1.53 bits per heavy atom. The molecule has 2 N–H and O–H groups in total. The molecule has 84 valence electrons. The van der Waals surface area contributed by atoms with Crippen molar-refractivity contribution in [1.29, 1.82) is 0 Å². The normalized spacial score (nSPS) is 31.7. The lowest BCUT2D eigenvalue weighted by Gasteiger charge is -2.27. The zero-order valence-electron chi connectivity index (χ0n) is 8.97. The van der Waals surface area contributed by atoms with Gasteiger partial charge in [-0.2, -0.15) is 0 Å². The molecule has 0 bridgehead atoms. The fraction of sp³-hybridized carbons (Fsp3) is 0.500. The van der Waals surface area contributed by atoms with Crippen molar-refractivity contribution in [1.82, 2.24) is 0 Å². The minimum Gasteiger partial charge on any atom is -0.394 e. The molecule has 0 fully saturated rings. The van der Waals surface area contributed by atoms with Crippen LogP contribution in [0.2, 0.25) is 0 Å². The number of hydrogen-bond acceptors (Lipinski definition) is 3. The second-order valence-corrected chi connectivity index (χ2v) is 3.66. The Bertz CT molecular complexity index is 268. The van der Waals surface area contributed by atoms with Gasteiger partial charge in [0, 0.05) is 0 Å². The highest BCUT2D eigenvalue weighted by molar-refractivity contribution is 5.14. The van der Waals surface area contributed by atoms with Crippen LogP contribution in [-0.2, 0) is 4.74 Å². The second kappa shape index (κ2) is 5.85. The number of rotatable bonds is 4. The van der Waals surface area contributed by atoms with Gasteiger partial charge in [-0.3, -0.25) is 0 Å². The monoisotopic (exact) mass is 210 g/mol. The van der Waals surface area contributed by atoms with Crippen molar-refractivity contribution < 1.29 is 14.9 Å². The highest BCUT2D eigenvalue weighted by Crippen LogP contribution is 2.16. The predicted octanol–water partition coefficient (Wildman–Crippen LogP) is 1.19. The van der Waals surface area contributed by atoms with Crippen LogP contribution >= 0.6 is 0 Å². The fourth-order valence-electron chi connectivity index (χ4n) is 1.38. The Labute approximate surface area is 90.4 Å². The van der Waals surface area contributed by atoms with Crippen LogP contribution in [0.15, 0.2) is 36.5 Å². The van der Waals surface area contributed by atoms with Crippen LogP contribution in [0, 0.1) is 0 Å². The van der Waals surface area contributed by atoms with E-state index in [-0.39, 0.29) is 12.7 Å². The summed E-state index contributed by atoms with van der Waals surface area (Å²) in [4.78, 5) is 0. The molecule has 0 aromatic rings. The van der Waals surface area contributed by atoms with E-state index in [1.165, 1.54) is 0 Å². The third kappa shape index (κ3) is 3.63. The van der Waals surface area contributed by atoms with Crippen LogP contribution in [-0.4, -0.2) is 35.1 Å². The first-order valence-electron chi connectivity index (χ1n) is 5.09. The molecule has 3 nitrogen and oxygen atoms in total. The Kier molecular flexibility index (Phi) is 4.75. The van der Waals surface area contributed by atoms with E-state index >= 15 is 0 Å². The molecule has 1 rings (SSSR count). The molecular weight excluding hydrogens is 192 g/mol. The predicted molar refractivity (Wildman–Crippen MR) is 59.5 cm³/mol. The Morgan fingerprint density at radius 3 is 2.87 bits per heavy atom. The number of hydrogen-bond donors (Lipinski definition) is 2. The van der Waals surface area contributed by atoms with Gasteiger partial charge in [0.2, 0.25) is 0 Å². The standard InChI is InChI=1S/C12H18O3/c1-3-9(2)4-5-10-6-7-11(14)12(8-13)15-10/h3-4,6-7,10-14H,1,5,8H2,2H3/b9-4+/t10-,11-,12+/m0/s1. The van der Waals surface area contributed by atoms with E-state index in [9.17, 15) is 5.11 Å². The SMILES string of the molecule is C=C/C(C)=C/C[C@H]1C=C[C@H](O)[C@@H](CO)O1. The molecule has 3 heteroatoms. The molecule has 0 unspecified atom stereocenters. The fourth-order valence-corrected chi connectivity index (χ4v) is 1.38. The smallest absolute Gasteiger partial charge is 0.111 e. The molecule has 0 aromatic carbocycles. The molecule has 1 heterocycles. The largest absolute Gasteiger partial charge is 0.394 e. The minimum atomic E-state index is -0.698. The van der Waals surface area contributed by atoms with Gasteiger partial charge in [-0.25, -0.2) is 0 Å². The first kappa shape index (κ1) is 12.2. The van der Waals surface area contributed by atoms with Crippen molar-refractivity contribution in [2.75, 3.05) is 6.61 Å². The van der Waals surface area contributed by atoms with E-state index < -0.39 is 12.2 Å².